The van der Waals surface area contributed by atoms with Crippen molar-refractivity contribution in [2.75, 3.05) is 0 Å². The maximum atomic E-state index is 5.37. The molecule has 0 radical (unpaired) electrons. The van der Waals surface area contributed by atoms with Crippen molar-refractivity contribution in [3.63, 3.8) is 0 Å². The first-order chi connectivity index (χ1) is 29.2. The highest BCUT2D eigenvalue weighted by Crippen LogP contribution is 2.45. The predicted molar refractivity (Wildman–Crippen MR) is 250 cm³/mol. The average molecular weight is 768 g/mol. The minimum absolute atomic E-state index is 0.694. The van der Waals surface area contributed by atoms with E-state index in [9.17, 15) is 0 Å². The van der Waals surface area contributed by atoms with Crippen LogP contribution in [0.3, 0.4) is 0 Å². The Hall–Kier alpha value is -7.53. The van der Waals surface area contributed by atoms with Gasteiger partial charge in [-0.2, -0.15) is 0 Å². The van der Waals surface area contributed by atoms with Crippen LogP contribution in [0, 0.1) is 0 Å². The zero-order valence-electron chi connectivity index (χ0n) is 31.8. The highest BCUT2D eigenvalue weighted by Gasteiger charge is 2.20. The number of para-hydroxylation sites is 1. The minimum Gasteiger partial charge on any atom is -0.246 e. The number of thiophene rings is 1. The summed E-state index contributed by atoms with van der Waals surface area (Å²) >= 11 is 1.82. The van der Waals surface area contributed by atoms with Crippen molar-refractivity contribution >= 4 is 74.7 Å². The second kappa shape index (κ2) is 13.6. The molecule has 0 amide bonds. The molecule has 0 fully saturated rings. The van der Waals surface area contributed by atoms with Gasteiger partial charge in [0.2, 0.25) is 0 Å². The molecule has 0 spiro atoms. The minimum atomic E-state index is 0.694. The number of nitrogens with zero attached hydrogens (tertiary/aromatic N) is 3. The lowest BCUT2D eigenvalue weighted by atomic mass is 9.92. The van der Waals surface area contributed by atoms with Crippen molar-refractivity contribution < 1.29 is 0 Å². The number of hydrogen-bond acceptors (Lipinski definition) is 4. The van der Waals surface area contributed by atoms with Crippen LogP contribution in [0.25, 0.3) is 120 Å². The molecule has 0 saturated carbocycles. The third-order valence-electron chi connectivity index (χ3n) is 11.7. The van der Waals surface area contributed by atoms with Gasteiger partial charge in [0.15, 0.2) is 5.82 Å². The quantitative estimate of drug-likeness (QED) is 0.164. The molecule has 0 aliphatic heterocycles. The number of hydrogen-bond donors (Lipinski definition) is 0. The van der Waals surface area contributed by atoms with Gasteiger partial charge in [0, 0.05) is 43.1 Å². The van der Waals surface area contributed by atoms with E-state index in [4.69, 9.17) is 15.0 Å². The van der Waals surface area contributed by atoms with Gasteiger partial charge >= 0.3 is 0 Å². The van der Waals surface area contributed by atoms with Crippen LogP contribution in [0.2, 0.25) is 0 Å². The Balaban J connectivity index is 1.03. The second-order valence-electron chi connectivity index (χ2n) is 15.1. The maximum Gasteiger partial charge on any atom is 0.160 e. The van der Waals surface area contributed by atoms with Crippen molar-refractivity contribution in [1.82, 2.24) is 15.0 Å². The highest BCUT2D eigenvalue weighted by molar-refractivity contribution is 7.26. The molecular weight excluding hydrogens is 735 g/mol. The zero-order valence-corrected chi connectivity index (χ0v) is 32.6. The number of aromatic nitrogens is 3. The third kappa shape index (κ3) is 5.53. The monoisotopic (exact) mass is 767 g/mol. The fourth-order valence-corrected chi connectivity index (χ4v) is 10.1. The van der Waals surface area contributed by atoms with E-state index in [1.807, 2.05) is 29.5 Å². The van der Waals surface area contributed by atoms with Gasteiger partial charge in [0.05, 0.1) is 27.3 Å². The molecule has 3 aromatic heterocycles. The first kappa shape index (κ1) is 33.6. The molecule has 0 bridgehead atoms. The van der Waals surface area contributed by atoms with Crippen LogP contribution in [-0.4, -0.2) is 15.0 Å². The second-order valence-corrected chi connectivity index (χ2v) is 16.1. The van der Waals surface area contributed by atoms with E-state index in [1.54, 1.807) is 0 Å². The van der Waals surface area contributed by atoms with Crippen molar-refractivity contribution in [2.24, 2.45) is 0 Å². The Labute approximate surface area is 344 Å². The summed E-state index contributed by atoms with van der Waals surface area (Å²) in [7, 11) is 0. The Morgan fingerprint density at radius 3 is 1.71 bits per heavy atom. The van der Waals surface area contributed by atoms with Gasteiger partial charge in [-0.15, -0.1) is 11.3 Å². The maximum absolute atomic E-state index is 5.37. The number of rotatable bonds is 5. The predicted octanol–water partition coefficient (Wildman–Crippen LogP) is 15.2. The van der Waals surface area contributed by atoms with Crippen molar-refractivity contribution in [3.05, 3.63) is 200 Å². The molecule has 12 aromatic rings. The zero-order chi connectivity index (χ0) is 38.9. The highest BCUT2D eigenvalue weighted by atomic mass is 32.1. The standard InChI is InChI=1S/C55H33N3S/c1-2-14-36(15-3-1)55-57-49(35-28-26-34(27-29-35)47-32-37-16-4-5-17-38(37)39-18-6-9-21-42(39)47)33-50(58-55)43-30-31-44(41-20-8-7-19-40(41)43)53-54-52(45-22-10-12-24-48(45)56-53)46-23-11-13-25-51(46)59-54/h1-33H. The Morgan fingerprint density at radius 2 is 0.915 bits per heavy atom. The van der Waals surface area contributed by atoms with E-state index in [0.29, 0.717) is 5.82 Å². The van der Waals surface area contributed by atoms with Gasteiger partial charge < -0.3 is 0 Å². The average Bonchev–Trinajstić information content (AvgIpc) is 3.71. The molecule has 3 nitrogen and oxygen atoms in total. The summed E-state index contributed by atoms with van der Waals surface area (Å²) in [5.74, 6) is 0.694. The molecule has 0 aliphatic rings. The fraction of sp³-hybridized carbons (Fsp3) is 0. The van der Waals surface area contributed by atoms with E-state index in [1.165, 1.54) is 58.2 Å². The molecule has 0 aliphatic carbocycles. The van der Waals surface area contributed by atoms with Crippen LogP contribution in [-0.2, 0) is 0 Å². The van der Waals surface area contributed by atoms with Crippen LogP contribution in [0.1, 0.15) is 0 Å². The van der Waals surface area contributed by atoms with E-state index in [2.05, 4.69) is 182 Å². The number of benzene rings is 9. The summed E-state index contributed by atoms with van der Waals surface area (Å²) in [6, 6.07) is 71.3. The Morgan fingerprint density at radius 1 is 0.339 bits per heavy atom. The first-order valence-corrected chi connectivity index (χ1v) is 20.8. The lowest BCUT2D eigenvalue weighted by molar-refractivity contribution is 1.18. The smallest absolute Gasteiger partial charge is 0.160 e. The third-order valence-corrected chi connectivity index (χ3v) is 12.9. The first-order valence-electron chi connectivity index (χ1n) is 19.9. The summed E-state index contributed by atoms with van der Waals surface area (Å²) in [4.78, 5) is 15.9. The van der Waals surface area contributed by atoms with Crippen LogP contribution in [0.4, 0.5) is 0 Å². The molecular formula is C55H33N3S. The molecule has 3 heterocycles. The molecule has 0 N–H and O–H groups in total. The molecule has 59 heavy (non-hydrogen) atoms. The SMILES string of the molecule is c1ccc(-c2nc(-c3ccc(-c4cc5ccccc5c5ccccc45)cc3)cc(-c3ccc(-c4nc5ccccc5c5c4sc4ccccc45)c4ccccc34)n2)cc1. The van der Waals surface area contributed by atoms with Gasteiger partial charge in [0.1, 0.15) is 0 Å². The fourth-order valence-electron chi connectivity index (χ4n) is 8.91. The summed E-state index contributed by atoms with van der Waals surface area (Å²) < 4.78 is 2.47. The van der Waals surface area contributed by atoms with Gasteiger partial charge in [-0.3, -0.25) is 0 Å². The summed E-state index contributed by atoms with van der Waals surface area (Å²) in [6.45, 7) is 0. The molecule has 4 heteroatoms. The Kier molecular flexibility index (Phi) is 7.72. The molecule has 0 saturated heterocycles. The van der Waals surface area contributed by atoms with E-state index in [0.717, 1.165) is 55.6 Å². The molecule has 9 aromatic carbocycles. The topological polar surface area (TPSA) is 38.7 Å². The van der Waals surface area contributed by atoms with Crippen molar-refractivity contribution in [3.8, 4) is 56.3 Å². The molecule has 0 unspecified atom stereocenters. The van der Waals surface area contributed by atoms with E-state index >= 15 is 0 Å². The summed E-state index contributed by atoms with van der Waals surface area (Å²) in [6.07, 6.45) is 0. The molecule has 274 valence electrons. The Bertz CT molecular complexity index is 3610. The van der Waals surface area contributed by atoms with Gasteiger partial charge in [-0.1, -0.05) is 176 Å². The van der Waals surface area contributed by atoms with E-state index < -0.39 is 0 Å². The molecule has 0 atom stereocenters. The van der Waals surface area contributed by atoms with Crippen LogP contribution >= 0.6 is 11.3 Å². The van der Waals surface area contributed by atoms with Crippen LogP contribution < -0.4 is 0 Å². The van der Waals surface area contributed by atoms with Gasteiger partial charge in [0.25, 0.3) is 0 Å². The van der Waals surface area contributed by atoms with E-state index in [-0.39, 0.29) is 0 Å². The normalized spacial score (nSPS) is 11.7. The molecule has 12 rings (SSSR count). The summed E-state index contributed by atoms with van der Waals surface area (Å²) in [5, 5.41) is 11.0. The lowest BCUT2D eigenvalue weighted by Crippen LogP contribution is -1.97. The van der Waals surface area contributed by atoms with Crippen LogP contribution in [0.5, 0.6) is 0 Å². The van der Waals surface area contributed by atoms with Crippen molar-refractivity contribution in [1.29, 1.82) is 0 Å². The van der Waals surface area contributed by atoms with Crippen LogP contribution in [0.15, 0.2) is 200 Å². The van der Waals surface area contributed by atoms with Gasteiger partial charge in [-0.05, 0) is 67.7 Å². The van der Waals surface area contributed by atoms with Gasteiger partial charge in [-0.25, -0.2) is 15.0 Å². The summed E-state index contributed by atoms with van der Waals surface area (Å²) in [5.41, 5.74) is 10.3. The number of pyridine rings is 1. The lowest BCUT2D eigenvalue weighted by Gasteiger charge is -2.15. The van der Waals surface area contributed by atoms with Crippen molar-refractivity contribution in [2.45, 2.75) is 0 Å². The number of fused-ring (bicyclic) bond motifs is 9. The largest absolute Gasteiger partial charge is 0.246 e.